The van der Waals surface area contributed by atoms with E-state index in [4.69, 9.17) is 5.11 Å². The zero-order chi connectivity index (χ0) is 16.8. The highest BCUT2D eigenvalue weighted by atomic mass is 16.4. The minimum atomic E-state index is -0.850. The number of hydrogen-bond acceptors (Lipinski definition) is 3. The molecule has 132 valence electrons. The fourth-order valence-corrected chi connectivity index (χ4v) is 4.14. The summed E-state index contributed by atoms with van der Waals surface area (Å²) in [6.45, 7) is 7.11. The molecule has 0 saturated carbocycles. The summed E-state index contributed by atoms with van der Waals surface area (Å²) in [5.41, 5.74) is 1.59. The van der Waals surface area contributed by atoms with Crippen molar-refractivity contribution in [2.24, 2.45) is 5.92 Å². The van der Waals surface area contributed by atoms with Gasteiger partial charge in [-0.15, -0.1) is 0 Å². The van der Waals surface area contributed by atoms with E-state index in [1.54, 1.807) is 12.1 Å². The first-order chi connectivity index (χ1) is 11.7. The van der Waals surface area contributed by atoms with Crippen LogP contribution in [0.1, 0.15) is 54.4 Å². The molecule has 0 aliphatic carbocycles. The summed E-state index contributed by atoms with van der Waals surface area (Å²) in [4.78, 5) is 16.2. The van der Waals surface area contributed by atoms with Crippen LogP contribution in [0, 0.1) is 5.92 Å². The van der Waals surface area contributed by atoms with E-state index in [1.807, 2.05) is 12.1 Å². The molecule has 4 heteroatoms. The van der Waals surface area contributed by atoms with Crippen LogP contribution in [-0.4, -0.2) is 53.6 Å². The lowest BCUT2D eigenvalue weighted by Gasteiger charge is -2.35. The van der Waals surface area contributed by atoms with E-state index in [0.717, 1.165) is 19.0 Å². The zero-order valence-electron chi connectivity index (χ0n) is 14.6. The molecular formula is C20H30N2O2. The number of carbonyl (C=O) groups is 1. The lowest BCUT2D eigenvalue weighted by Crippen LogP contribution is -2.41. The van der Waals surface area contributed by atoms with Gasteiger partial charge in [-0.2, -0.15) is 0 Å². The van der Waals surface area contributed by atoms with Gasteiger partial charge in [-0.1, -0.05) is 25.0 Å². The van der Waals surface area contributed by atoms with Crippen molar-refractivity contribution in [2.75, 3.05) is 32.7 Å². The van der Waals surface area contributed by atoms with Crippen molar-refractivity contribution in [1.82, 2.24) is 9.80 Å². The standard InChI is InChI=1S/C20H30N2O2/c23-20(24)19-9-7-17(8-10-19)14-22-13-5-6-18(16-22)15-21-11-3-1-2-4-12-21/h7-10,18H,1-6,11-16H2,(H,23,24). The maximum Gasteiger partial charge on any atom is 0.335 e. The molecule has 2 fully saturated rings. The Morgan fingerprint density at radius 2 is 1.62 bits per heavy atom. The maximum atomic E-state index is 10.9. The minimum absolute atomic E-state index is 0.372. The molecule has 3 rings (SSSR count). The second-order valence-electron chi connectivity index (χ2n) is 7.46. The predicted octanol–water partition coefficient (Wildman–Crippen LogP) is 3.47. The van der Waals surface area contributed by atoms with Crippen molar-refractivity contribution >= 4 is 5.97 Å². The number of hydrogen-bond donors (Lipinski definition) is 1. The fraction of sp³-hybridized carbons (Fsp3) is 0.650. The molecule has 0 radical (unpaired) electrons. The van der Waals surface area contributed by atoms with Crippen LogP contribution in [0.15, 0.2) is 24.3 Å². The average molecular weight is 330 g/mol. The van der Waals surface area contributed by atoms with Crippen molar-refractivity contribution < 1.29 is 9.90 Å². The van der Waals surface area contributed by atoms with Crippen molar-refractivity contribution in [3.63, 3.8) is 0 Å². The van der Waals surface area contributed by atoms with E-state index in [1.165, 1.54) is 70.3 Å². The number of carboxylic acids is 1. The van der Waals surface area contributed by atoms with Crippen LogP contribution in [0.2, 0.25) is 0 Å². The van der Waals surface area contributed by atoms with Crippen LogP contribution >= 0.6 is 0 Å². The number of nitrogens with zero attached hydrogens (tertiary/aromatic N) is 2. The first-order valence-corrected chi connectivity index (χ1v) is 9.47. The Hall–Kier alpha value is -1.39. The normalized spacial score (nSPS) is 23.8. The van der Waals surface area contributed by atoms with Crippen LogP contribution in [0.5, 0.6) is 0 Å². The molecule has 2 saturated heterocycles. The molecule has 0 bridgehead atoms. The summed E-state index contributed by atoms with van der Waals surface area (Å²) < 4.78 is 0. The second-order valence-corrected chi connectivity index (χ2v) is 7.46. The van der Waals surface area contributed by atoms with Crippen molar-refractivity contribution in [3.05, 3.63) is 35.4 Å². The van der Waals surface area contributed by atoms with Crippen LogP contribution in [0.25, 0.3) is 0 Å². The SMILES string of the molecule is O=C(O)c1ccc(CN2CCCC(CN3CCCCCC3)C2)cc1. The lowest BCUT2D eigenvalue weighted by molar-refractivity contribution is 0.0697. The van der Waals surface area contributed by atoms with E-state index in [2.05, 4.69) is 9.80 Å². The van der Waals surface area contributed by atoms with Crippen molar-refractivity contribution in [3.8, 4) is 0 Å². The monoisotopic (exact) mass is 330 g/mol. The Labute approximate surface area is 145 Å². The first-order valence-electron chi connectivity index (χ1n) is 9.47. The van der Waals surface area contributed by atoms with Gasteiger partial charge in [0.1, 0.15) is 0 Å². The molecule has 1 unspecified atom stereocenters. The smallest absolute Gasteiger partial charge is 0.335 e. The number of carboxylic acid groups (broad SMARTS) is 1. The molecular weight excluding hydrogens is 300 g/mol. The zero-order valence-corrected chi connectivity index (χ0v) is 14.6. The summed E-state index contributed by atoms with van der Waals surface area (Å²) in [7, 11) is 0. The largest absolute Gasteiger partial charge is 0.478 e. The second kappa shape index (κ2) is 8.63. The van der Waals surface area contributed by atoms with Crippen LogP contribution in [-0.2, 0) is 6.54 Å². The Morgan fingerprint density at radius 1 is 0.958 bits per heavy atom. The highest BCUT2D eigenvalue weighted by Crippen LogP contribution is 2.21. The molecule has 1 atom stereocenters. The third kappa shape index (κ3) is 5.05. The van der Waals surface area contributed by atoms with E-state index in [0.29, 0.717) is 5.56 Å². The van der Waals surface area contributed by atoms with Gasteiger partial charge in [-0.05, 0) is 68.9 Å². The number of aromatic carboxylic acids is 1. The fourth-order valence-electron chi connectivity index (χ4n) is 4.14. The molecule has 2 aliphatic rings. The van der Waals surface area contributed by atoms with E-state index < -0.39 is 5.97 Å². The minimum Gasteiger partial charge on any atom is -0.478 e. The lowest BCUT2D eigenvalue weighted by atomic mass is 9.96. The Balaban J connectivity index is 1.50. The van der Waals surface area contributed by atoms with Gasteiger partial charge in [-0.3, -0.25) is 4.90 Å². The number of rotatable bonds is 5. The topological polar surface area (TPSA) is 43.8 Å². The summed E-state index contributed by atoms with van der Waals surface area (Å²) in [5.74, 6) is -0.0628. The number of likely N-dealkylation sites (tertiary alicyclic amines) is 2. The predicted molar refractivity (Wildman–Crippen MR) is 96.3 cm³/mol. The third-order valence-electron chi connectivity index (χ3n) is 5.43. The molecule has 0 aromatic heterocycles. The molecule has 2 heterocycles. The van der Waals surface area contributed by atoms with Crippen LogP contribution < -0.4 is 0 Å². The third-order valence-corrected chi connectivity index (χ3v) is 5.43. The number of piperidine rings is 1. The summed E-state index contributed by atoms with van der Waals surface area (Å²) >= 11 is 0. The van der Waals surface area contributed by atoms with Gasteiger partial charge in [-0.25, -0.2) is 4.79 Å². The van der Waals surface area contributed by atoms with Crippen LogP contribution in [0.4, 0.5) is 0 Å². The molecule has 1 aromatic rings. The Morgan fingerprint density at radius 3 is 2.29 bits per heavy atom. The Kier molecular flexibility index (Phi) is 6.27. The van der Waals surface area contributed by atoms with Gasteiger partial charge >= 0.3 is 5.97 Å². The van der Waals surface area contributed by atoms with Crippen LogP contribution in [0.3, 0.4) is 0 Å². The molecule has 1 N–H and O–H groups in total. The maximum absolute atomic E-state index is 10.9. The number of benzene rings is 1. The first kappa shape index (κ1) is 17.4. The van der Waals surface area contributed by atoms with Gasteiger partial charge in [0.05, 0.1) is 5.56 Å². The molecule has 1 aromatic carbocycles. The molecule has 0 amide bonds. The summed E-state index contributed by atoms with van der Waals surface area (Å²) in [5, 5.41) is 8.99. The van der Waals surface area contributed by atoms with Crippen molar-refractivity contribution in [1.29, 1.82) is 0 Å². The highest BCUT2D eigenvalue weighted by molar-refractivity contribution is 5.87. The van der Waals surface area contributed by atoms with E-state index in [-0.39, 0.29) is 0 Å². The summed E-state index contributed by atoms with van der Waals surface area (Å²) in [6, 6.07) is 7.36. The summed E-state index contributed by atoms with van der Waals surface area (Å²) in [6.07, 6.45) is 8.18. The van der Waals surface area contributed by atoms with E-state index >= 15 is 0 Å². The van der Waals surface area contributed by atoms with Gasteiger partial charge in [0.15, 0.2) is 0 Å². The molecule has 4 nitrogen and oxygen atoms in total. The van der Waals surface area contributed by atoms with Gasteiger partial charge < -0.3 is 10.0 Å². The van der Waals surface area contributed by atoms with Gasteiger partial charge in [0, 0.05) is 19.6 Å². The average Bonchev–Trinajstić information content (AvgIpc) is 2.84. The van der Waals surface area contributed by atoms with Gasteiger partial charge in [0.25, 0.3) is 0 Å². The Bertz CT molecular complexity index is 521. The molecule has 2 aliphatic heterocycles. The molecule has 0 spiro atoms. The highest BCUT2D eigenvalue weighted by Gasteiger charge is 2.22. The van der Waals surface area contributed by atoms with Crippen molar-refractivity contribution in [2.45, 2.75) is 45.1 Å². The van der Waals surface area contributed by atoms with Gasteiger partial charge in [0.2, 0.25) is 0 Å². The quantitative estimate of drug-likeness (QED) is 0.898. The molecule has 24 heavy (non-hydrogen) atoms. The van der Waals surface area contributed by atoms with E-state index in [9.17, 15) is 4.79 Å².